The highest BCUT2D eigenvalue weighted by Gasteiger charge is 2.35. The molecule has 9 heteroatoms. The number of anilines is 1. The van der Waals surface area contributed by atoms with Gasteiger partial charge in [-0.05, 0) is 17.7 Å². The molecule has 0 radical (unpaired) electrons. The van der Waals surface area contributed by atoms with Crippen LogP contribution < -0.4 is 10.6 Å². The number of urea groups is 1. The Balaban J connectivity index is 1.51. The van der Waals surface area contributed by atoms with Crippen LogP contribution >= 0.6 is 0 Å². The molecule has 33 heavy (non-hydrogen) atoms. The van der Waals surface area contributed by atoms with E-state index in [9.17, 15) is 13.6 Å². The minimum Gasteiger partial charge on any atom is -0.383 e. The van der Waals surface area contributed by atoms with Gasteiger partial charge < -0.3 is 15.4 Å². The van der Waals surface area contributed by atoms with Crippen LogP contribution in [0.4, 0.5) is 19.3 Å². The third-order valence-corrected chi connectivity index (χ3v) is 5.70. The highest BCUT2D eigenvalue weighted by atomic mass is 19.2. The van der Waals surface area contributed by atoms with Crippen LogP contribution in [0.3, 0.4) is 0 Å². The molecular weight excluding hydrogens is 428 g/mol. The molecule has 2 heterocycles. The Morgan fingerprint density at radius 1 is 1.15 bits per heavy atom. The molecule has 0 bridgehead atoms. The number of aromatic nitrogens is 2. The van der Waals surface area contributed by atoms with Crippen LogP contribution in [0, 0.1) is 11.6 Å². The summed E-state index contributed by atoms with van der Waals surface area (Å²) in [7, 11) is 1.62. The molecule has 3 aromatic rings. The fraction of sp³-hybridized carbons (Fsp3) is 0.292. The lowest BCUT2D eigenvalue weighted by atomic mass is 9.94. The molecule has 0 aliphatic carbocycles. The number of carbonyl (C=O) groups excluding carboxylic acids is 1. The van der Waals surface area contributed by atoms with Crippen LogP contribution in [0.25, 0.3) is 11.3 Å². The Morgan fingerprint density at radius 2 is 1.97 bits per heavy atom. The van der Waals surface area contributed by atoms with Crippen molar-refractivity contribution in [2.24, 2.45) is 0 Å². The van der Waals surface area contributed by atoms with E-state index in [-0.39, 0.29) is 12.0 Å². The first-order valence-electron chi connectivity index (χ1n) is 10.6. The standard InChI is InChI=1S/C24H25F2N5O2/c1-33-10-9-31-13-18(17-7-8-19(25)20(26)11-17)22(14-31)30-24(32)29-21-12-27-15-28-23(21)16-5-3-2-4-6-16/h2-8,11-12,15,18,22H,9-10,13-14H2,1H3,(H2,29,30,32). The van der Waals surface area contributed by atoms with E-state index in [2.05, 4.69) is 25.5 Å². The average molecular weight is 453 g/mol. The summed E-state index contributed by atoms with van der Waals surface area (Å²) in [6.45, 7) is 2.34. The zero-order valence-corrected chi connectivity index (χ0v) is 18.2. The fourth-order valence-electron chi connectivity index (χ4n) is 4.09. The summed E-state index contributed by atoms with van der Waals surface area (Å²) < 4.78 is 32.5. The van der Waals surface area contributed by atoms with Gasteiger partial charge in [-0.1, -0.05) is 36.4 Å². The van der Waals surface area contributed by atoms with Gasteiger partial charge in [0.15, 0.2) is 11.6 Å². The topological polar surface area (TPSA) is 79.4 Å². The zero-order chi connectivity index (χ0) is 23.2. The number of halogens is 2. The first-order valence-corrected chi connectivity index (χ1v) is 10.6. The van der Waals surface area contributed by atoms with Crippen molar-refractivity contribution >= 4 is 11.7 Å². The molecule has 4 rings (SSSR count). The van der Waals surface area contributed by atoms with Crippen LogP contribution in [-0.4, -0.2) is 60.3 Å². The Kier molecular flexibility index (Phi) is 7.21. The third kappa shape index (κ3) is 5.50. The molecule has 2 N–H and O–H groups in total. The molecule has 2 aromatic carbocycles. The molecule has 2 amide bonds. The highest BCUT2D eigenvalue weighted by Crippen LogP contribution is 2.29. The Hall–Kier alpha value is -3.43. The molecule has 1 aliphatic heterocycles. The largest absolute Gasteiger partial charge is 0.383 e. The number of nitrogens with one attached hydrogen (secondary N) is 2. The molecule has 172 valence electrons. The summed E-state index contributed by atoms with van der Waals surface area (Å²) in [5.74, 6) is -2.00. The maximum absolute atomic E-state index is 13.9. The number of nitrogens with zero attached hydrogens (tertiary/aromatic N) is 3. The Labute approximate surface area is 190 Å². The highest BCUT2D eigenvalue weighted by molar-refractivity contribution is 5.93. The van der Waals surface area contributed by atoms with E-state index in [1.54, 1.807) is 19.4 Å². The first kappa shape index (κ1) is 22.8. The van der Waals surface area contributed by atoms with Crippen LogP contribution in [0.5, 0.6) is 0 Å². The number of rotatable bonds is 7. The molecule has 0 spiro atoms. The molecule has 1 aliphatic rings. The SMILES string of the molecule is COCCN1CC(NC(=O)Nc2cncnc2-c2ccccc2)C(c2ccc(F)c(F)c2)C1. The zero-order valence-electron chi connectivity index (χ0n) is 18.2. The summed E-state index contributed by atoms with van der Waals surface area (Å²) in [6, 6.07) is 12.6. The van der Waals surface area contributed by atoms with E-state index in [0.29, 0.717) is 43.2 Å². The molecule has 2 unspecified atom stereocenters. The van der Waals surface area contributed by atoms with Crippen molar-refractivity contribution in [3.8, 4) is 11.3 Å². The van der Waals surface area contributed by atoms with Gasteiger partial charge >= 0.3 is 6.03 Å². The molecule has 1 saturated heterocycles. The van der Waals surface area contributed by atoms with E-state index in [0.717, 1.165) is 11.6 Å². The molecular formula is C24H25F2N5O2. The van der Waals surface area contributed by atoms with Crippen molar-refractivity contribution in [1.82, 2.24) is 20.2 Å². The van der Waals surface area contributed by atoms with Crippen LogP contribution in [0.1, 0.15) is 11.5 Å². The number of carbonyl (C=O) groups is 1. The van der Waals surface area contributed by atoms with Crippen LogP contribution in [0.2, 0.25) is 0 Å². The van der Waals surface area contributed by atoms with Crippen molar-refractivity contribution < 1.29 is 18.3 Å². The first-order chi connectivity index (χ1) is 16.0. The maximum atomic E-state index is 13.9. The lowest BCUT2D eigenvalue weighted by Crippen LogP contribution is -2.42. The van der Waals surface area contributed by atoms with E-state index in [1.807, 2.05) is 30.3 Å². The minimum atomic E-state index is -0.903. The number of amides is 2. The number of benzene rings is 2. The maximum Gasteiger partial charge on any atom is 0.319 e. The van der Waals surface area contributed by atoms with Gasteiger partial charge in [0.1, 0.15) is 6.33 Å². The second-order valence-electron chi connectivity index (χ2n) is 7.89. The lowest BCUT2D eigenvalue weighted by Gasteiger charge is -2.21. The predicted molar refractivity (Wildman–Crippen MR) is 121 cm³/mol. The van der Waals surface area contributed by atoms with E-state index >= 15 is 0 Å². The van der Waals surface area contributed by atoms with Gasteiger partial charge in [0.2, 0.25) is 0 Å². The molecule has 7 nitrogen and oxygen atoms in total. The van der Waals surface area contributed by atoms with Gasteiger partial charge in [0, 0.05) is 38.2 Å². The molecule has 0 saturated carbocycles. The summed E-state index contributed by atoms with van der Waals surface area (Å²) in [4.78, 5) is 23.4. The van der Waals surface area contributed by atoms with Crippen molar-refractivity contribution in [2.75, 3.05) is 38.7 Å². The fourth-order valence-corrected chi connectivity index (χ4v) is 4.09. The Bertz CT molecular complexity index is 1100. The lowest BCUT2D eigenvalue weighted by molar-refractivity contribution is 0.159. The smallest absolute Gasteiger partial charge is 0.319 e. The third-order valence-electron chi connectivity index (χ3n) is 5.70. The van der Waals surface area contributed by atoms with Gasteiger partial charge in [-0.2, -0.15) is 0 Å². The molecule has 1 aromatic heterocycles. The number of hydrogen-bond donors (Lipinski definition) is 2. The normalized spacial score (nSPS) is 18.3. The quantitative estimate of drug-likeness (QED) is 0.571. The van der Waals surface area contributed by atoms with Gasteiger partial charge in [0.25, 0.3) is 0 Å². The molecule has 1 fully saturated rings. The summed E-state index contributed by atoms with van der Waals surface area (Å²) >= 11 is 0. The van der Waals surface area contributed by atoms with Crippen molar-refractivity contribution in [1.29, 1.82) is 0 Å². The summed E-state index contributed by atoms with van der Waals surface area (Å²) in [6.07, 6.45) is 2.97. The van der Waals surface area contributed by atoms with E-state index in [4.69, 9.17) is 4.74 Å². The average Bonchev–Trinajstić information content (AvgIpc) is 3.22. The van der Waals surface area contributed by atoms with Crippen LogP contribution in [-0.2, 0) is 4.74 Å². The minimum absolute atomic E-state index is 0.205. The Morgan fingerprint density at radius 3 is 2.73 bits per heavy atom. The number of likely N-dealkylation sites (tertiary alicyclic amines) is 1. The van der Waals surface area contributed by atoms with Crippen molar-refractivity contribution in [3.05, 3.63) is 78.3 Å². The second kappa shape index (κ2) is 10.5. The molecule has 2 atom stereocenters. The van der Waals surface area contributed by atoms with E-state index < -0.39 is 17.7 Å². The number of ether oxygens (including phenoxy) is 1. The van der Waals surface area contributed by atoms with Crippen molar-refractivity contribution in [2.45, 2.75) is 12.0 Å². The summed E-state index contributed by atoms with van der Waals surface area (Å²) in [5, 5.41) is 5.82. The number of hydrogen-bond acceptors (Lipinski definition) is 5. The number of methoxy groups -OCH3 is 1. The van der Waals surface area contributed by atoms with Gasteiger partial charge in [0.05, 0.1) is 30.2 Å². The monoisotopic (exact) mass is 453 g/mol. The predicted octanol–water partition coefficient (Wildman–Crippen LogP) is 3.66. The van der Waals surface area contributed by atoms with Gasteiger partial charge in [-0.3, -0.25) is 4.90 Å². The summed E-state index contributed by atoms with van der Waals surface area (Å²) in [5.41, 5.74) is 2.56. The van der Waals surface area contributed by atoms with E-state index in [1.165, 1.54) is 12.4 Å². The second-order valence-corrected chi connectivity index (χ2v) is 7.89. The van der Waals surface area contributed by atoms with Crippen molar-refractivity contribution in [3.63, 3.8) is 0 Å². The van der Waals surface area contributed by atoms with Crippen LogP contribution in [0.15, 0.2) is 61.1 Å². The van der Waals surface area contributed by atoms with Gasteiger partial charge in [-0.15, -0.1) is 0 Å². The van der Waals surface area contributed by atoms with Gasteiger partial charge in [-0.25, -0.2) is 23.5 Å².